The molecule has 1 N–H and O–H groups in total. The Bertz CT molecular complexity index is 448. The predicted molar refractivity (Wildman–Crippen MR) is 74.3 cm³/mol. The van der Waals surface area contributed by atoms with E-state index in [1.54, 1.807) is 18.0 Å². The normalized spacial score (nSPS) is 10.2. The van der Waals surface area contributed by atoms with Gasteiger partial charge >= 0.3 is 5.97 Å². The highest BCUT2D eigenvalue weighted by molar-refractivity contribution is 6.31. The maximum absolute atomic E-state index is 11.8. The molecule has 1 amide bonds. The molecular weight excluding hydrogens is 266 g/mol. The van der Waals surface area contributed by atoms with E-state index in [1.807, 2.05) is 18.2 Å². The fourth-order valence-electron chi connectivity index (χ4n) is 1.73. The van der Waals surface area contributed by atoms with Gasteiger partial charge in [0.15, 0.2) is 0 Å². The van der Waals surface area contributed by atoms with Crippen LogP contribution in [0.4, 0.5) is 0 Å². The largest absolute Gasteiger partial charge is 0.481 e. The summed E-state index contributed by atoms with van der Waals surface area (Å²) in [6.07, 6.45) is 1.54. The van der Waals surface area contributed by atoms with Gasteiger partial charge in [-0.05, 0) is 24.5 Å². The van der Waals surface area contributed by atoms with E-state index in [0.717, 1.165) is 5.56 Å². The van der Waals surface area contributed by atoms with Crippen molar-refractivity contribution in [2.75, 3.05) is 13.6 Å². The second-order valence-electron chi connectivity index (χ2n) is 4.40. The minimum absolute atomic E-state index is 0.00492. The van der Waals surface area contributed by atoms with E-state index < -0.39 is 5.97 Å². The summed E-state index contributed by atoms with van der Waals surface area (Å²) < 4.78 is 0. The van der Waals surface area contributed by atoms with E-state index in [9.17, 15) is 9.59 Å². The zero-order valence-electron chi connectivity index (χ0n) is 10.9. The Morgan fingerprint density at radius 1 is 1.26 bits per heavy atom. The monoisotopic (exact) mass is 283 g/mol. The Labute approximate surface area is 118 Å². The first-order valence-electron chi connectivity index (χ1n) is 6.20. The molecule has 0 saturated carbocycles. The number of hydrogen-bond acceptors (Lipinski definition) is 2. The zero-order valence-corrected chi connectivity index (χ0v) is 11.7. The highest BCUT2D eigenvalue weighted by Crippen LogP contribution is 2.16. The van der Waals surface area contributed by atoms with Crippen LogP contribution in [0.1, 0.15) is 24.8 Å². The van der Waals surface area contributed by atoms with Crippen molar-refractivity contribution < 1.29 is 14.7 Å². The molecule has 0 atom stereocenters. The van der Waals surface area contributed by atoms with Crippen LogP contribution in [0.25, 0.3) is 0 Å². The summed E-state index contributed by atoms with van der Waals surface area (Å²) in [6.45, 7) is 0.466. The smallest absolute Gasteiger partial charge is 0.303 e. The summed E-state index contributed by atoms with van der Waals surface area (Å²) in [6, 6.07) is 7.45. The van der Waals surface area contributed by atoms with Crippen LogP contribution in [0.2, 0.25) is 5.02 Å². The molecule has 104 valence electrons. The fourth-order valence-corrected chi connectivity index (χ4v) is 1.96. The number of hydrogen-bond donors (Lipinski definition) is 1. The first kappa shape index (κ1) is 15.5. The van der Waals surface area contributed by atoms with Gasteiger partial charge in [0.2, 0.25) is 5.91 Å². The second-order valence-corrected chi connectivity index (χ2v) is 4.81. The quantitative estimate of drug-likeness (QED) is 0.837. The summed E-state index contributed by atoms with van der Waals surface area (Å²) in [5.74, 6) is -0.831. The SMILES string of the molecule is CN(CCCC(=O)O)C(=O)CCc1ccccc1Cl. The molecule has 4 nitrogen and oxygen atoms in total. The van der Waals surface area contributed by atoms with Gasteiger partial charge in [0, 0.05) is 31.5 Å². The Balaban J connectivity index is 2.34. The van der Waals surface area contributed by atoms with Gasteiger partial charge in [-0.1, -0.05) is 29.8 Å². The van der Waals surface area contributed by atoms with Gasteiger partial charge in [0.25, 0.3) is 0 Å². The number of carbonyl (C=O) groups excluding carboxylic acids is 1. The second kappa shape index (κ2) is 7.79. The number of aliphatic carboxylic acids is 1. The van der Waals surface area contributed by atoms with Crippen molar-refractivity contribution in [2.45, 2.75) is 25.7 Å². The Hall–Kier alpha value is -1.55. The molecule has 1 aromatic carbocycles. The first-order chi connectivity index (χ1) is 9.00. The topological polar surface area (TPSA) is 57.6 Å². The maximum atomic E-state index is 11.8. The molecule has 0 saturated heterocycles. The number of carboxylic acids is 1. The van der Waals surface area contributed by atoms with E-state index in [-0.39, 0.29) is 12.3 Å². The molecule has 0 heterocycles. The Morgan fingerprint density at radius 2 is 1.95 bits per heavy atom. The third kappa shape index (κ3) is 5.75. The van der Waals surface area contributed by atoms with E-state index in [4.69, 9.17) is 16.7 Å². The number of benzene rings is 1. The molecule has 0 radical (unpaired) electrons. The summed E-state index contributed by atoms with van der Waals surface area (Å²) in [5, 5.41) is 9.20. The number of halogens is 1. The van der Waals surface area contributed by atoms with Gasteiger partial charge in [0.1, 0.15) is 0 Å². The highest BCUT2D eigenvalue weighted by atomic mass is 35.5. The van der Waals surface area contributed by atoms with Crippen LogP contribution in [0, 0.1) is 0 Å². The van der Waals surface area contributed by atoms with Crippen molar-refractivity contribution >= 4 is 23.5 Å². The summed E-state index contributed by atoms with van der Waals surface area (Å²) >= 11 is 6.02. The third-order valence-corrected chi connectivity index (χ3v) is 3.24. The molecule has 1 aromatic rings. The van der Waals surface area contributed by atoms with Gasteiger partial charge in [-0.2, -0.15) is 0 Å². The third-order valence-electron chi connectivity index (χ3n) is 2.88. The van der Waals surface area contributed by atoms with Crippen molar-refractivity contribution in [2.24, 2.45) is 0 Å². The van der Waals surface area contributed by atoms with E-state index in [2.05, 4.69) is 0 Å². The van der Waals surface area contributed by atoms with Gasteiger partial charge in [-0.25, -0.2) is 0 Å². The molecule has 19 heavy (non-hydrogen) atoms. The molecule has 0 aliphatic heterocycles. The number of amides is 1. The average molecular weight is 284 g/mol. The van der Waals surface area contributed by atoms with Gasteiger partial charge in [0.05, 0.1) is 0 Å². The van der Waals surface area contributed by atoms with Crippen LogP contribution < -0.4 is 0 Å². The van der Waals surface area contributed by atoms with Gasteiger partial charge in [-0.15, -0.1) is 0 Å². The van der Waals surface area contributed by atoms with E-state index in [1.165, 1.54) is 0 Å². The summed E-state index contributed by atoms with van der Waals surface area (Å²) in [4.78, 5) is 23.8. The Morgan fingerprint density at radius 3 is 2.58 bits per heavy atom. The number of nitrogens with zero attached hydrogens (tertiary/aromatic N) is 1. The van der Waals surface area contributed by atoms with E-state index in [0.29, 0.717) is 30.8 Å². The van der Waals surface area contributed by atoms with Crippen LogP contribution in [0.3, 0.4) is 0 Å². The number of carbonyl (C=O) groups is 2. The molecule has 0 fully saturated rings. The van der Waals surface area contributed by atoms with Crippen molar-refractivity contribution in [3.63, 3.8) is 0 Å². The minimum atomic E-state index is -0.836. The predicted octanol–water partition coefficient (Wildman–Crippen LogP) is 2.60. The fraction of sp³-hybridized carbons (Fsp3) is 0.429. The van der Waals surface area contributed by atoms with Crippen molar-refractivity contribution in [3.05, 3.63) is 34.9 Å². The van der Waals surface area contributed by atoms with Crippen LogP contribution in [-0.4, -0.2) is 35.5 Å². The summed E-state index contributed by atoms with van der Waals surface area (Å²) in [5.41, 5.74) is 0.955. The molecule has 0 aromatic heterocycles. The number of rotatable bonds is 7. The van der Waals surface area contributed by atoms with Crippen molar-refractivity contribution in [1.29, 1.82) is 0 Å². The van der Waals surface area contributed by atoms with Crippen LogP contribution in [0.15, 0.2) is 24.3 Å². The average Bonchev–Trinajstić information content (AvgIpc) is 2.36. The lowest BCUT2D eigenvalue weighted by atomic mass is 10.1. The number of carboxylic acid groups (broad SMARTS) is 1. The minimum Gasteiger partial charge on any atom is -0.481 e. The number of aryl methyl sites for hydroxylation is 1. The van der Waals surface area contributed by atoms with Crippen LogP contribution >= 0.6 is 11.6 Å². The lowest BCUT2D eigenvalue weighted by Gasteiger charge is -2.16. The molecular formula is C14H18ClNO3. The molecule has 1 rings (SSSR count). The van der Waals surface area contributed by atoms with Crippen molar-refractivity contribution in [1.82, 2.24) is 4.90 Å². The molecule has 0 spiro atoms. The molecule has 0 bridgehead atoms. The van der Waals surface area contributed by atoms with Crippen LogP contribution in [0.5, 0.6) is 0 Å². The lowest BCUT2D eigenvalue weighted by molar-refractivity contribution is -0.138. The van der Waals surface area contributed by atoms with Crippen molar-refractivity contribution in [3.8, 4) is 0 Å². The molecule has 0 unspecified atom stereocenters. The highest BCUT2D eigenvalue weighted by Gasteiger charge is 2.10. The molecule has 0 aliphatic carbocycles. The van der Waals surface area contributed by atoms with Crippen LogP contribution in [-0.2, 0) is 16.0 Å². The maximum Gasteiger partial charge on any atom is 0.303 e. The summed E-state index contributed by atoms with van der Waals surface area (Å²) in [7, 11) is 1.69. The zero-order chi connectivity index (χ0) is 14.3. The molecule has 5 heteroatoms. The Kier molecular flexibility index (Phi) is 6.36. The molecule has 0 aliphatic rings. The van der Waals surface area contributed by atoms with Gasteiger partial charge in [-0.3, -0.25) is 9.59 Å². The standard InChI is InChI=1S/C14H18ClNO3/c1-16(10-4-7-14(18)19)13(17)9-8-11-5-2-3-6-12(11)15/h2-3,5-6H,4,7-10H2,1H3,(H,18,19). The van der Waals surface area contributed by atoms with E-state index >= 15 is 0 Å². The lowest BCUT2D eigenvalue weighted by Crippen LogP contribution is -2.28. The first-order valence-corrected chi connectivity index (χ1v) is 6.57. The van der Waals surface area contributed by atoms with Gasteiger partial charge < -0.3 is 10.0 Å².